The van der Waals surface area contributed by atoms with Gasteiger partial charge < -0.3 is 61.8 Å². The molecule has 2 aliphatic heterocycles. The minimum Gasteiger partial charge on any atom is -0.482 e. The molecule has 0 spiro atoms. The number of alkyl halides is 3. The van der Waals surface area contributed by atoms with Gasteiger partial charge in [-0.15, -0.1) is 0 Å². The Morgan fingerprint density at radius 1 is 0.643 bits per heavy atom. The Morgan fingerprint density at radius 3 is 1.61 bits per heavy atom. The largest absolute Gasteiger partial charge is 0.482 e. The van der Waals surface area contributed by atoms with Crippen LogP contribution in [0.1, 0.15) is 54.0 Å². The standard InChI is InChI=1S/C42H44F3N3O22/c1-17(49)59-14-29-33(62-19(3)51)35(63-20(4)52)38(66-23(7)55)41(68-29)70-34-30(15-60-18(2)50)67-40(37(65-22(6)54)36(34)64-21(5)53)69-31(56)16-61-26-10-8-24(9-11-26)39-46-27-12-25(42(43,44)45)13-28(48(57)58)32(27)47-39/h8-13,29-30,33-38,40-41H,14-16H2,1-7H3,(H,46,47)/t29-,30-,33+,34-,35+,36+,37-,38-,40+,41+/m1/s1. The minimum atomic E-state index is -4.89. The molecule has 2 fully saturated rings. The van der Waals surface area contributed by atoms with Crippen LogP contribution in [0, 0.1) is 10.1 Å². The third-order valence-corrected chi connectivity index (χ3v) is 9.71. The van der Waals surface area contributed by atoms with Gasteiger partial charge in [-0.2, -0.15) is 13.2 Å². The van der Waals surface area contributed by atoms with Gasteiger partial charge in [0.2, 0.25) is 12.4 Å². The number of nitrogens with one attached hydrogen (secondary N) is 1. The molecule has 70 heavy (non-hydrogen) atoms. The van der Waals surface area contributed by atoms with Crippen molar-refractivity contribution in [3.63, 3.8) is 0 Å². The van der Waals surface area contributed by atoms with Crippen molar-refractivity contribution >= 4 is 64.5 Å². The fourth-order valence-corrected chi connectivity index (χ4v) is 7.12. The fourth-order valence-electron chi connectivity index (χ4n) is 7.12. The van der Waals surface area contributed by atoms with Crippen LogP contribution in [-0.4, -0.2) is 144 Å². The summed E-state index contributed by atoms with van der Waals surface area (Å²) in [7, 11) is 0. The lowest BCUT2D eigenvalue weighted by Gasteiger charge is -2.48. The van der Waals surface area contributed by atoms with Gasteiger partial charge in [0.25, 0.3) is 5.69 Å². The number of nitrogens with zero attached hydrogens (tertiary/aromatic N) is 2. The average Bonchev–Trinajstić information content (AvgIpc) is 3.69. The van der Waals surface area contributed by atoms with Crippen molar-refractivity contribution in [3.05, 3.63) is 52.1 Å². The van der Waals surface area contributed by atoms with E-state index in [1.807, 2.05) is 0 Å². The number of carbonyl (C=O) groups is 8. The summed E-state index contributed by atoms with van der Waals surface area (Å²) in [4.78, 5) is 117. The topological polar surface area (TPSA) is 319 Å². The number of esters is 8. The molecule has 3 aromatic rings. The zero-order valence-electron chi connectivity index (χ0n) is 37.9. The second kappa shape index (κ2) is 22.8. The number of H-pyrrole nitrogens is 1. The summed E-state index contributed by atoms with van der Waals surface area (Å²) in [5.41, 5.74) is -2.51. The molecule has 0 radical (unpaired) electrons. The van der Waals surface area contributed by atoms with Gasteiger partial charge in [-0.05, 0) is 30.3 Å². The minimum absolute atomic E-state index is 0.00653. The van der Waals surface area contributed by atoms with Crippen LogP contribution in [0.25, 0.3) is 22.4 Å². The number of fused-ring (bicyclic) bond motifs is 1. The van der Waals surface area contributed by atoms with Crippen LogP contribution in [0.4, 0.5) is 18.9 Å². The summed E-state index contributed by atoms with van der Waals surface area (Å²) in [6.07, 6.45) is -22.9. The predicted octanol–water partition coefficient (Wildman–Crippen LogP) is 2.70. The predicted molar refractivity (Wildman–Crippen MR) is 218 cm³/mol. The van der Waals surface area contributed by atoms with Crippen molar-refractivity contribution in [1.29, 1.82) is 0 Å². The first kappa shape index (κ1) is 53.5. The molecular weight excluding hydrogens is 955 g/mol. The molecule has 2 aromatic carbocycles. The van der Waals surface area contributed by atoms with Gasteiger partial charge in [0, 0.05) is 60.1 Å². The Labute approximate surface area is 392 Å². The number of non-ortho nitro benzene ring substituents is 1. The number of carbonyl (C=O) groups excluding carboxylic acids is 8. The summed E-state index contributed by atoms with van der Waals surface area (Å²) in [6, 6.07) is 6.39. The van der Waals surface area contributed by atoms with E-state index in [0.717, 1.165) is 48.5 Å². The van der Waals surface area contributed by atoms with Gasteiger partial charge in [-0.3, -0.25) is 43.7 Å². The molecule has 5 rings (SSSR count). The van der Waals surface area contributed by atoms with Gasteiger partial charge in [-0.25, -0.2) is 9.78 Å². The SMILES string of the molecule is CC(=O)OC[C@H]1O[C@@H](O[C@H]2[C@H](OC(C)=O)[C@@H](OC(C)=O)[C@H](OC(=O)COc3ccc(-c4nc5c([N+](=O)[O-])cc(C(F)(F)F)cc5[nH]4)cc3)O[C@@H]2COC(C)=O)[C@H](OC(C)=O)[C@@H](OC(C)=O)[C@H]1OC(C)=O. The Hall–Kier alpha value is -7.46. The van der Waals surface area contributed by atoms with E-state index in [1.165, 1.54) is 24.3 Å². The number of nitro groups is 1. The van der Waals surface area contributed by atoms with Crippen LogP contribution in [0.3, 0.4) is 0 Å². The summed E-state index contributed by atoms with van der Waals surface area (Å²) in [5, 5.41) is 11.6. The lowest BCUT2D eigenvalue weighted by molar-refractivity contribution is -0.383. The molecule has 28 heteroatoms. The van der Waals surface area contributed by atoms with Crippen molar-refractivity contribution < 1.29 is 113 Å². The fraction of sp³-hybridized carbons (Fsp3) is 0.500. The van der Waals surface area contributed by atoms with E-state index in [1.54, 1.807) is 0 Å². The van der Waals surface area contributed by atoms with E-state index >= 15 is 0 Å². The number of aromatic nitrogens is 2. The highest BCUT2D eigenvalue weighted by atomic mass is 19.4. The highest BCUT2D eigenvalue weighted by molar-refractivity contribution is 5.88. The zero-order chi connectivity index (χ0) is 51.8. The van der Waals surface area contributed by atoms with Gasteiger partial charge in [0.15, 0.2) is 42.8 Å². The van der Waals surface area contributed by atoms with Crippen molar-refractivity contribution in [2.45, 2.75) is 116 Å². The van der Waals surface area contributed by atoms with Crippen LogP contribution in [0.2, 0.25) is 0 Å². The van der Waals surface area contributed by atoms with E-state index in [0.29, 0.717) is 12.1 Å². The number of aromatic amines is 1. The summed E-state index contributed by atoms with van der Waals surface area (Å²) in [5.74, 6) is -7.98. The Balaban J connectivity index is 1.43. The van der Waals surface area contributed by atoms with Crippen LogP contribution in [0.5, 0.6) is 5.75 Å². The van der Waals surface area contributed by atoms with Crippen LogP contribution >= 0.6 is 0 Å². The lowest BCUT2D eigenvalue weighted by Crippen LogP contribution is -2.67. The number of rotatable bonds is 17. The molecule has 0 unspecified atom stereocenters. The smallest absolute Gasteiger partial charge is 0.416 e. The molecule has 0 aliphatic carbocycles. The molecular formula is C42H44F3N3O22. The molecule has 3 heterocycles. The second-order valence-electron chi connectivity index (χ2n) is 15.2. The van der Waals surface area contributed by atoms with Gasteiger partial charge >= 0.3 is 53.9 Å². The first-order valence-electron chi connectivity index (χ1n) is 20.6. The maximum absolute atomic E-state index is 13.4. The Bertz CT molecular complexity index is 2480. The van der Waals surface area contributed by atoms with Gasteiger partial charge in [0.1, 0.15) is 43.1 Å². The van der Waals surface area contributed by atoms with E-state index in [-0.39, 0.29) is 28.2 Å². The monoisotopic (exact) mass is 999 g/mol. The summed E-state index contributed by atoms with van der Waals surface area (Å²) < 4.78 is 107. The van der Waals surface area contributed by atoms with E-state index in [2.05, 4.69) is 9.97 Å². The quantitative estimate of drug-likeness (QED) is 0.0879. The van der Waals surface area contributed by atoms with Crippen LogP contribution in [-0.2, 0) is 96.6 Å². The summed E-state index contributed by atoms with van der Waals surface area (Å²) in [6.45, 7) is 4.52. The lowest BCUT2D eigenvalue weighted by atomic mass is 9.96. The van der Waals surface area contributed by atoms with Crippen LogP contribution < -0.4 is 4.74 Å². The van der Waals surface area contributed by atoms with Crippen molar-refractivity contribution in [2.75, 3.05) is 19.8 Å². The number of imidazole rings is 1. The first-order valence-corrected chi connectivity index (χ1v) is 20.6. The first-order chi connectivity index (χ1) is 32.8. The Morgan fingerprint density at radius 2 is 1.11 bits per heavy atom. The maximum Gasteiger partial charge on any atom is 0.416 e. The molecule has 2 saturated heterocycles. The number of hydrogen-bond donors (Lipinski definition) is 1. The van der Waals surface area contributed by atoms with E-state index in [4.69, 9.17) is 56.8 Å². The molecule has 2 aliphatic rings. The molecule has 10 atom stereocenters. The van der Waals surface area contributed by atoms with E-state index in [9.17, 15) is 61.6 Å². The zero-order valence-corrected chi connectivity index (χ0v) is 37.9. The summed E-state index contributed by atoms with van der Waals surface area (Å²) >= 11 is 0. The molecule has 380 valence electrons. The van der Waals surface area contributed by atoms with Crippen molar-refractivity contribution in [2.24, 2.45) is 0 Å². The molecule has 0 saturated carbocycles. The third-order valence-electron chi connectivity index (χ3n) is 9.71. The van der Waals surface area contributed by atoms with Crippen molar-refractivity contribution in [1.82, 2.24) is 9.97 Å². The molecule has 1 N–H and O–H groups in total. The average molecular weight is 1000 g/mol. The van der Waals surface area contributed by atoms with Crippen molar-refractivity contribution in [3.8, 4) is 17.1 Å². The van der Waals surface area contributed by atoms with Gasteiger partial charge in [-0.1, -0.05) is 0 Å². The number of nitro benzene ring substituents is 1. The van der Waals surface area contributed by atoms with E-state index < -0.39 is 151 Å². The van der Waals surface area contributed by atoms with Crippen LogP contribution in [0.15, 0.2) is 36.4 Å². The number of hydrogen-bond acceptors (Lipinski definition) is 23. The second-order valence-corrected chi connectivity index (χ2v) is 15.2. The highest BCUT2D eigenvalue weighted by Crippen LogP contribution is 2.38. The Kier molecular flexibility index (Phi) is 17.4. The normalized spacial score (nSPS) is 24.3. The number of halogens is 3. The number of benzene rings is 2. The number of ether oxygens (including phenoxy) is 12. The van der Waals surface area contributed by atoms with Gasteiger partial charge in [0.05, 0.1) is 16.0 Å². The highest BCUT2D eigenvalue weighted by Gasteiger charge is 2.58. The molecule has 0 bridgehead atoms. The molecule has 0 amide bonds. The maximum atomic E-state index is 13.4. The molecule has 25 nitrogen and oxygen atoms in total. The molecule has 1 aromatic heterocycles. The third kappa shape index (κ3) is 14.1.